The maximum absolute atomic E-state index is 13.4. The third kappa shape index (κ3) is 4.20. The number of pyridine rings is 1. The fraction of sp³-hybridized carbons (Fsp3) is 0.154. The van der Waals surface area contributed by atoms with Gasteiger partial charge in [-0.2, -0.15) is 9.78 Å². The monoisotopic (exact) mass is 544 g/mol. The van der Waals surface area contributed by atoms with Crippen LogP contribution in [0.2, 0.25) is 0 Å². The lowest BCUT2D eigenvalue weighted by atomic mass is 10.1. The standard InChI is InChI=1S/C26H21BrN6O3/c1-3-16(2)25-30-22-10-8-18(27)12-21(22)26(34)32(25)29-13-17-15-31(23-7-5-4-6-20(17)23)24-11-9-19(14-28-24)33(35)36/h4-16H,3H2,1-2H3/t16-/m0/s1. The molecule has 0 amide bonds. The van der Waals surface area contributed by atoms with Crippen molar-refractivity contribution in [1.82, 2.24) is 19.2 Å². The fourth-order valence-corrected chi connectivity index (χ4v) is 4.39. The molecule has 0 saturated heterocycles. The molecule has 3 heterocycles. The first-order chi connectivity index (χ1) is 17.4. The third-order valence-electron chi connectivity index (χ3n) is 6.13. The lowest BCUT2D eigenvalue weighted by Crippen LogP contribution is -2.23. The molecule has 0 aliphatic heterocycles. The summed E-state index contributed by atoms with van der Waals surface area (Å²) in [6.07, 6.45) is 5.52. The van der Waals surface area contributed by atoms with Gasteiger partial charge in [-0.15, -0.1) is 0 Å². The minimum atomic E-state index is -0.481. The van der Waals surface area contributed by atoms with Crippen LogP contribution in [0.3, 0.4) is 0 Å². The van der Waals surface area contributed by atoms with Crippen molar-refractivity contribution in [2.75, 3.05) is 0 Å². The summed E-state index contributed by atoms with van der Waals surface area (Å²) in [7, 11) is 0. The van der Waals surface area contributed by atoms with Gasteiger partial charge in [0.2, 0.25) is 0 Å². The second-order valence-corrected chi connectivity index (χ2v) is 9.32. The lowest BCUT2D eigenvalue weighted by molar-refractivity contribution is -0.385. The summed E-state index contributed by atoms with van der Waals surface area (Å²) in [5, 5.41) is 17.0. The maximum atomic E-state index is 13.4. The molecule has 36 heavy (non-hydrogen) atoms. The van der Waals surface area contributed by atoms with Crippen LogP contribution in [0.4, 0.5) is 5.69 Å². The summed E-state index contributed by atoms with van der Waals surface area (Å²) in [4.78, 5) is 33.0. The first-order valence-electron chi connectivity index (χ1n) is 11.3. The number of hydrogen-bond donors (Lipinski definition) is 0. The molecule has 0 unspecified atom stereocenters. The molecule has 0 N–H and O–H groups in total. The van der Waals surface area contributed by atoms with Gasteiger partial charge in [0.15, 0.2) is 0 Å². The number of rotatable bonds is 6. The highest BCUT2D eigenvalue weighted by Gasteiger charge is 2.16. The number of benzene rings is 2. The molecular formula is C26H21BrN6O3. The number of aromatic nitrogens is 4. The van der Waals surface area contributed by atoms with E-state index in [1.165, 1.54) is 16.9 Å². The van der Waals surface area contributed by atoms with E-state index in [-0.39, 0.29) is 17.2 Å². The van der Waals surface area contributed by atoms with Crippen molar-refractivity contribution >= 4 is 49.6 Å². The Labute approximate surface area is 214 Å². The Morgan fingerprint density at radius 1 is 1.17 bits per heavy atom. The van der Waals surface area contributed by atoms with Crippen molar-refractivity contribution in [3.63, 3.8) is 0 Å². The Hall–Kier alpha value is -4.18. The number of fused-ring (bicyclic) bond motifs is 2. The van der Waals surface area contributed by atoms with Gasteiger partial charge >= 0.3 is 0 Å². The summed E-state index contributed by atoms with van der Waals surface area (Å²) in [5.74, 6) is 1.15. The van der Waals surface area contributed by atoms with Gasteiger partial charge in [-0.05, 0) is 36.8 Å². The van der Waals surface area contributed by atoms with Crippen LogP contribution in [-0.4, -0.2) is 30.3 Å². The van der Waals surface area contributed by atoms with Crippen LogP contribution in [0.25, 0.3) is 27.6 Å². The van der Waals surface area contributed by atoms with E-state index in [9.17, 15) is 14.9 Å². The Kier molecular flexibility index (Phi) is 6.19. The molecule has 5 aromatic rings. The Morgan fingerprint density at radius 3 is 2.69 bits per heavy atom. The Balaban J connectivity index is 1.66. The Morgan fingerprint density at radius 2 is 1.97 bits per heavy atom. The van der Waals surface area contributed by atoms with Gasteiger partial charge < -0.3 is 4.57 Å². The summed E-state index contributed by atoms with van der Waals surface area (Å²) in [6.45, 7) is 4.06. The molecule has 3 aromatic heterocycles. The molecule has 1 atom stereocenters. The van der Waals surface area contributed by atoms with Gasteiger partial charge in [-0.25, -0.2) is 9.97 Å². The van der Waals surface area contributed by atoms with Crippen LogP contribution in [0, 0.1) is 10.1 Å². The van der Waals surface area contributed by atoms with Crippen LogP contribution in [0.5, 0.6) is 0 Å². The first-order valence-corrected chi connectivity index (χ1v) is 12.1. The highest BCUT2D eigenvalue weighted by molar-refractivity contribution is 9.10. The molecule has 9 nitrogen and oxygen atoms in total. The first kappa shape index (κ1) is 23.6. The van der Waals surface area contributed by atoms with E-state index in [1.54, 1.807) is 18.3 Å². The van der Waals surface area contributed by atoms with Gasteiger partial charge in [-0.1, -0.05) is 48.0 Å². The molecular weight excluding hydrogens is 524 g/mol. The number of halogens is 1. The van der Waals surface area contributed by atoms with Crippen molar-refractivity contribution in [3.05, 3.63) is 103 Å². The van der Waals surface area contributed by atoms with E-state index in [2.05, 4.69) is 26.0 Å². The van der Waals surface area contributed by atoms with Crippen molar-refractivity contribution in [3.8, 4) is 5.82 Å². The van der Waals surface area contributed by atoms with Crippen molar-refractivity contribution in [1.29, 1.82) is 0 Å². The van der Waals surface area contributed by atoms with Gasteiger partial charge in [0.25, 0.3) is 11.2 Å². The SMILES string of the molecule is CC[C@H](C)c1nc2ccc(Br)cc2c(=O)n1N=Cc1cn(-c2ccc([N+](=O)[O-])cn2)c2ccccc12. The number of nitrogens with zero attached hydrogens (tertiary/aromatic N) is 6. The molecule has 0 fully saturated rings. The van der Waals surface area contributed by atoms with Crippen LogP contribution in [0.15, 0.2) is 81.4 Å². The predicted molar refractivity (Wildman–Crippen MR) is 143 cm³/mol. The summed E-state index contributed by atoms with van der Waals surface area (Å²) in [6, 6.07) is 16.2. The molecule has 0 radical (unpaired) electrons. The molecule has 5 rings (SSSR count). The highest BCUT2D eigenvalue weighted by atomic mass is 79.9. The largest absolute Gasteiger partial charge is 0.301 e. The molecule has 0 aliphatic carbocycles. The average Bonchev–Trinajstić information content (AvgIpc) is 3.26. The average molecular weight is 545 g/mol. The van der Waals surface area contributed by atoms with Crippen molar-refractivity contribution in [2.24, 2.45) is 5.10 Å². The van der Waals surface area contributed by atoms with Crippen molar-refractivity contribution < 1.29 is 4.92 Å². The highest BCUT2D eigenvalue weighted by Crippen LogP contribution is 2.25. The predicted octanol–water partition coefficient (Wildman–Crippen LogP) is 5.80. The Bertz CT molecular complexity index is 1710. The third-order valence-corrected chi connectivity index (χ3v) is 6.62. The zero-order chi connectivity index (χ0) is 25.4. The molecule has 10 heteroatoms. The number of nitro groups is 1. The zero-order valence-corrected chi connectivity index (χ0v) is 21.1. The summed E-state index contributed by atoms with van der Waals surface area (Å²) in [5.41, 5.74) is 1.93. The van der Waals surface area contributed by atoms with Gasteiger partial charge in [0.1, 0.15) is 17.8 Å². The van der Waals surface area contributed by atoms with Gasteiger partial charge in [-0.3, -0.25) is 14.9 Å². The van der Waals surface area contributed by atoms with Gasteiger partial charge in [0, 0.05) is 33.6 Å². The van der Waals surface area contributed by atoms with Gasteiger partial charge in [0.05, 0.1) is 27.6 Å². The van der Waals surface area contributed by atoms with E-state index in [0.717, 1.165) is 27.4 Å². The smallest absolute Gasteiger partial charge is 0.287 e. The van der Waals surface area contributed by atoms with E-state index in [1.807, 2.05) is 61.0 Å². The lowest BCUT2D eigenvalue weighted by Gasteiger charge is -2.13. The maximum Gasteiger partial charge on any atom is 0.287 e. The molecule has 2 aromatic carbocycles. The van der Waals surface area contributed by atoms with Crippen LogP contribution in [-0.2, 0) is 0 Å². The van der Waals surface area contributed by atoms with E-state index in [0.29, 0.717) is 22.5 Å². The second kappa shape index (κ2) is 9.46. The summed E-state index contributed by atoms with van der Waals surface area (Å²) >= 11 is 3.43. The minimum Gasteiger partial charge on any atom is -0.301 e. The zero-order valence-electron chi connectivity index (χ0n) is 19.5. The summed E-state index contributed by atoms with van der Waals surface area (Å²) < 4.78 is 4.01. The van der Waals surface area contributed by atoms with E-state index < -0.39 is 4.92 Å². The van der Waals surface area contributed by atoms with Crippen molar-refractivity contribution in [2.45, 2.75) is 26.2 Å². The van der Waals surface area contributed by atoms with E-state index >= 15 is 0 Å². The van der Waals surface area contributed by atoms with Crippen LogP contribution < -0.4 is 5.56 Å². The van der Waals surface area contributed by atoms with E-state index in [4.69, 9.17) is 4.98 Å². The number of para-hydroxylation sites is 1. The topological polar surface area (TPSA) is 108 Å². The quantitative estimate of drug-likeness (QED) is 0.152. The molecule has 180 valence electrons. The fourth-order valence-electron chi connectivity index (χ4n) is 4.03. The van der Waals surface area contributed by atoms with Crippen LogP contribution >= 0.6 is 15.9 Å². The minimum absolute atomic E-state index is 0.0218. The number of hydrogen-bond acceptors (Lipinski definition) is 6. The normalized spacial score (nSPS) is 12.5. The second-order valence-electron chi connectivity index (χ2n) is 8.41. The van der Waals surface area contributed by atoms with Crippen LogP contribution in [0.1, 0.15) is 37.6 Å². The molecule has 0 saturated carbocycles. The molecule has 0 bridgehead atoms. The molecule has 0 spiro atoms. The molecule has 0 aliphatic rings.